The summed E-state index contributed by atoms with van der Waals surface area (Å²) in [5, 5.41) is 0. The van der Waals surface area contributed by atoms with Crippen molar-refractivity contribution in [1.29, 1.82) is 0 Å². The number of urea groups is 1. The summed E-state index contributed by atoms with van der Waals surface area (Å²) in [5.41, 5.74) is 0.378. The molecule has 0 aromatic carbocycles. The highest BCUT2D eigenvalue weighted by molar-refractivity contribution is 6.40. The van der Waals surface area contributed by atoms with Gasteiger partial charge in [0.25, 0.3) is 0 Å². The average Bonchev–Trinajstić information content (AvgIpc) is 2.63. The molecule has 1 heterocycles. The van der Waals surface area contributed by atoms with Crippen molar-refractivity contribution >= 4 is 23.9 Å². The summed E-state index contributed by atoms with van der Waals surface area (Å²) in [5.74, 6) is -0.351. The lowest BCUT2D eigenvalue weighted by Crippen LogP contribution is -2.11. The van der Waals surface area contributed by atoms with E-state index in [0.717, 1.165) is 25.7 Å². The second-order valence-corrected chi connectivity index (χ2v) is 3.60. The van der Waals surface area contributed by atoms with Crippen LogP contribution in [-0.4, -0.2) is 30.5 Å². The van der Waals surface area contributed by atoms with E-state index in [-0.39, 0.29) is 12.4 Å². The number of hydrogen-bond acceptors (Lipinski definition) is 3. The van der Waals surface area contributed by atoms with Gasteiger partial charge < -0.3 is 4.74 Å². The fourth-order valence-electron chi connectivity index (χ4n) is 1.31. The maximum absolute atomic E-state index is 11.3. The van der Waals surface area contributed by atoms with E-state index in [1.165, 1.54) is 6.21 Å². The molecule has 2 amide bonds. The number of esters is 1. The Morgan fingerprint density at radius 1 is 1.38 bits per heavy atom. The van der Waals surface area contributed by atoms with Gasteiger partial charge in [-0.15, -0.1) is 0 Å². The fraction of sp³-hybridized carbons (Fsp3) is 0.636. The van der Waals surface area contributed by atoms with Crippen molar-refractivity contribution in [2.24, 2.45) is 9.98 Å². The highest BCUT2D eigenvalue weighted by Crippen LogP contribution is 2.01. The van der Waals surface area contributed by atoms with E-state index in [2.05, 4.69) is 16.9 Å². The number of ether oxygens (including phenoxy) is 1. The molecule has 88 valence electrons. The Hall–Kier alpha value is -1.52. The summed E-state index contributed by atoms with van der Waals surface area (Å²) in [4.78, 5) is 28.8. The lowest BCUT2D eigenvalue weighted by molar-refractivity contribution is -0.142. The Labute approximate surface area is 94.6 Å². The number of carbonyl (C=O) groups excluding carboxylic acids is 2. The van der Waals surface area contributed by atoms with Crippen LogP contribution in [0.15, 0.2) is 9.98 Å². The van der Waals surface area contributed by atoms with Crippen LogP contribution in [-0.2, 0) is 9.53 Å². The Morgan fingerprint density at radius 3 is 2.81 bits per heavy atom. The van der Waals surface area contributed by atoms with Crippen molar-refractivity contribution in [2.75, 3.05) is 6.61 Å². The monoisotopic (exact) mass is 224 g/mol. The summed E-state index contributed by atoms with van der Waals surface area (Å²) >= 11 is 0. The fourth-order valence-corrected chi connectivity index (χ4v) is 1.31. The molecule has 5 heteroatoms. The van der Waals surface area contributed by atoms with Gasteiger partial charge in [0.2, 0.25) is 0 Å². The number of nitrogens with zero attached hydrogens (tertiary/aromatic N) is 2. The van der Waals surface area contributed by atoms with E-state index in [9.17, 15) is 9.59 Å². The zero-order chi connectivity index (χ0) is 11.8. The SMILES string of the molecule is CCCCCCOC(=O)CC1=NC(=O)N=C1. The van der Waals surface area contributed by atoms with Crippen molar-refractivity contribution in [1.82, 2.24) is 0 Å². The molecular formula is C11H16N2O3. The zero-order valence-corrected chi connectivity index (χ0v) is 9.44. The van der Waals surface area contributed by atoms with Crippen LogP contribution in [0.5, 0.6) is 0 Å². The Morgan fingerprint density at radius 2 is 2.19 bits per heavy atom. The van der Waals surface area contributed by atoms with Gasteiger partial charge in [0.1, 0.15) is 0 Å². The van der Waals surface area contributed by atoms with E-state index in [1.807, 2.05) is 0 Å². The number of rotatable bonds is 7. The topological polar surface area (TPSA) is 68.1 Å². The molecule has 0 unspecified atom stereocenters. The quantitative estimate of drug-likeness (QED) is 0.491. The number of hydrogen-bond donors (Lipinski definition) is 0. The second-order valence-electron chi connectivity index (χ2n) is 3.60. The van der Waals surface area contributed by atoms with E-state index in [1.54, 1.807) is 0 Å². The molecular weight excluding hydrogens is 208 g/mol. The molecule has 1 rings (SSSR count). The lowest BCUT2D eigenvalue weighted by Gasteiger charge is -2.03. The summed E-state index contributed by atoms with van der Waals surface area (Å²) in [6, 6.07) is -0.550. The van der Waals surface area contributed by atoms with E-state index in [0.29, 0.717) is 12.3 Å². The molecule has 0 radical (unpaired) electrons. The van der Waals surface area contributed by atoms with Gasteiger partial charge >= 0.3 is 12.0 Å². The molecule has 0 aromatic heterocycles. The molecule has 0 saturated heterocycles. The van der Waals surface area contributed by atoms with E-state index >= 15 is 0 Å². The van der Waals surface area contributed by atoms with Crippen LogP contribution in [0.4, 0.5) is 4.79 Å². The Kier molecular flexibility index (Phi) is 5.39. The standard InChI is InChI=1S/C11H16N2O3/c1-2-3-4-5-6-16-10(14)7-9-8-12-11(15)13-9/h8H,2-7H2,1H3. The molecule has 0 bridgehead atoms. The van der Waals surface area contributed by atoms with Crippen LogP contribution in [0.1, 0.15) is 39.0 Å². The first-order chi connectivity index (χ1) is 7.72. The van der Waals surface area contributed by atoms with E-state index < -0.39 is 6.03 Å². The number of unbranched alkanes of at least 4 members (excludes halogenated alkanes) is 3. The molecule has 1 aliphatic rings. The van der Waals surface area contributed by atoms with Crippen LogP contribution >= 0.6 is 0 Å². The third-order valence-corrected chi connectivity index (χ3v) is 2.15. The zero-order valence-electron chi connectivity index (χ0n) is 9.44. The Bertz CT molecular complexity index is 321. The van der Waals surface area contributed by atoms with Crippen LogP contribution in [0, 0.1) is 0 Å². The van der Waals surface area contributed by atoms with E-state index in [4.69, 9.17) is 4.74 Å². The average molecular weight is 224 g/mol. The first-order valence-electron chi connectivity index (χ1n) is 5.53. The molecule has 0 atom stereocenters. The van der Waals surface area contributed by atoms with Crippen molar-refractivity contribution in [2.45, 2.75) is 39.0 Å². The molecule has 0 N–H and O–H groups in total. The first kappa shape index (κ1) is 12.5. The minimum atomic E-state index is -0.550. The number of amides is 2. The van der Waals surface area contributed by atoms with Crippen molar-refractivity contribution in [3.05, 3.63) is 0 Å². The maximum Gasteiger partial charge on any atom is 0.367 e. The summed E-state index contributed by atoms with van der Waals surface area (Å²) in [6.07, 6.45) is 5.61. The predicted molar refractivity (Wildman–Crippen MR) is 61.0 cm³/mol. The van der Waals surface area contributed by atoms with Gasteiger partial charge in [-0.3, -0.25) is 4.79 Å². The summed E-state index contributed by atoms with van der Waals surface area (Å²) in [7, 11) is 0. The number of aliphatic imine (C=N–C) groups is 2. The van der Waals surface area contributed by atoms with Crippen molar-refractivity contribution in [3.8, 4) is 0 Å². The molecule has 0 aliphatic carbocycles. The number of carbonyl (C=O) groups is 2. The largest absolute Gasteiger partial charge is 0.465 e. The highest BCUT2D eigenvalue weighted by atomic mass is 16.5. The third-order valence-electron chi connectivity index (χ3n) is 2.15. The smallest absolute Gasteiger partial charge is 0.367 e. The maximum atomic E-state index is 11.3. The van der Waals surface area contributed by atoms with Gasteiger partial charge in [-0.2, -0.15) is 9.98 Å². The van der Waals surface area contributed by atoms with Gasteiger partial charge in [-0.1, -0.05) is 26.2 Å². The molecule has 0 aromatic rings. The van der Waals surface area contributed by atoms with Gasteiger partial charge in [0.05, 0.1) is 25.0 Å². The lowest BCUT2D eigenvalue weighted by atomic mass is 10.2. The molecule has 0 saturated carbocycles. The normalized spacial score (nSPS) is 14.1. The van der Waals surface area contributed by atoms with Crippen molar-refractivity contribution < 1.29 is 14.3 Å². The minimum absolute atomic E-state index is 0.0308. The van der Waals surface area contributed by atoms with Crippen LogP contribution < -0.4 is 0 Å². The predicted octanol–water partition coefficient (Wildman–Crippen LogP) is 2.15. The third kappa shape index (κ3) is 4.82. The molecule has 0 fully saturated rings. The van der Waals surface area contributed by atoms with Gasteiger partial charge in [0, 0.05) is 0 Å². The Balaban J connectivity index is 2.10. The molecule has 16 heavy (non-hydrogen) atoms. The minimum Gasteiger partial charge on any atom is -0.465 e. The highest BCUT2D eigenvalue weighted by Gasteiger charge is 2.13. The molecule has 5 nitrogen and oxygen atoms in total. The van der Waals surface area contributed by atoms with Crippen LogP contribution in [0.25, 0.3) is 0 Å². The van der Waals surface area contributed by atoms with Gasteiger partial charge in [0.15, 0.2) is 0 Å². The van der Waals surface area contributed by atoms with Crippen LogP contribution in [0.3, 0.4) is 0 Å². The van der Waals surface area contributed by atoms with Gasteiger partial charge in [-0.05, 0) is 6.42 Å². The second kappa shape index (κ2) is 6.87. The first-order valence-corrected chi connectivity index (χ1v) is 5.53. The van der Waals surface area contributed by atoms with Gasteiger partial charge in [-0.25, -0.2) is 4.79 Å². The molecule has 0 spiro atoms. The summed E-state index contributed by atoms with van der Waals surface area (Å²) in [6.45, 7) is 2.57. The van der Waals surface area contributed by atoms with Crippen LogP contribution in [0.2, 0.25) is 0 Å². The summed E-state index contributed by atoms with van der Waals surface area (Å²) < 4.78 is 4.99. The molecule has 1 aliphatic heterocycles. The van der Waals surface area contributed by atoms with Crippen molar-refractivity contribution in [3.63, 3.8) is 0 Å².